The third-order valence-electron chi connectivity index (χ3n) is 2.98. The van der Waals surface area contributed by atoms with Crippen LogP contribution in [0.4, 0.5) is 5.82 Å². The predicted octanol–water partition coefficient (Wildman–Crippen LogP) is 2.82. The summed E-state index contributed by atoms with van der Waals surface area (Å²) in [7, 11) is -1.94. The molecular formula is C14H16ClN3O2S. The predicted molar refractivity (Wildman–Crippen MR) is 84.0 cm³/mol. The van der Waals surface area contributed by atoms with Gasteiger partial charge in [0.05, 0.1) is 4.90 Å². The third kappa shape index (κ3) is 3.93. The molecule has 1 unspecified atom stereocenters. The first kappa shape index (κ1) is 15.8. The van der Waals surface area contributed by atoms with Crippen molar-refractivity contribution >= 4 is 27.4 Å². The molecule has 7 heteroatoms. The normalized spacial score (nSPS) is 12.9. The van der Waals surface area contributed by atoms with Crippen molar-refractivity contribution in [2.75, 3.05) is 12.4 Å². The molecule has 112 valence electrons. The van der Waals surface area contributed by atoms with E-state index in [1.54, 1.807) is 32.2 Å². The van der Waals surface area contributed by atoms with Crippen molar-refractivity contribution in [2.45, 2.75) is 17.9 Å². The maximum atomic E-state index is 12.4. The highest BCUT2D eigenvalue weighted by Crippen LogP contribution is 2.20. The molecule has 1 aromatic heterocycles. The van der Waals surface area contributed by atoms with Gasteiger partial charge in [-0.1, -0.05) is 23.7 Å². The molecule has 0 spiro atoms. The molecular weight excluding hydrogens is 310 g/mol. The van der Waals surface area contributed by atoms with Crippen LogP contribution in [0.15, 0.2) is 47.5 Å². The van der Waals surface area contributed by atoms with Crippen molar-refractivity contribution in [1.29, 1.82) is 0 Å². The Morgan fingerprint density at radius 3 is 2.67 bits per heavy atom. The summed E-state index contributed by atoms with van der Waals surface area (Å²) >= 11 is 5.92. The fraction of sp³-hybridized carbons (Fsp3) is 0.214. The molecule has 0 fully saturated rings. The molecule has 0 radical (unpaired) electrons. The van der Waals surface area contributed by atoms with Gasteiger partial charge in [0.25, 0.3) is 0 Å². The topological polar surface area (TPSA) is 71.1 Å². The van der Waals surface area contributed by atoms with Gasteiger partial charge >= 0.3 is 0 Å². The number of nitrogens with one attached hydrogen (secondary N) is 2. The van der Waals surface area contributed by atoms with Crippen LogP contribution < -0.4 is 10.0 Å². The van der Waals surface area contributed by atoms with E-state index in [2.05, 4.69) is 15.0 Å². The third-order valence-corrected chi connectivity index (χ3v) is 4.75. The zero-order chi connectivity index (χ0) is 15.5. The Labute approximate surface area is 129 Å². The van der Waals surface area contributed by atoms with Gasteiger partial charge in [-0.05, 0) is 30.7 Å². The first-order valence-corrected chi connectivity index (χ1v) is 8.20. The Bertz CT molecular complexity index is 735. The van der Waals surface area contributed by atoms with Crippen molar-refractivity contribution < 1.29 is 8.42 Å². The lowest BCUT2D eigenvalue weighted by Gasteiger charge is -2.15. The fourth-order valence-electron chi connectivity index (χ4n) is 1.86. The molecule has 0 aliphatic rings. The zero-order valence-electron chi connectivity index (χ0n) is 11.7. The Balaban J connectivity index is 2.24. The number of anilines is 1. The second kappa shape index (κ2) is 6.43. The molecule has 2 N–H and O–H groups in total. The van der Waals surface area contributed by atoms with Gasteiger partial charge in [-0.3, -0.25) is 0 Å². The monoisotopic (exact) mass is 325 g/mol. The van der Waals surface area contributed by atoms with Crippen LogP contribution in [0.25, 0.3) is 0 Å². The van der Waals surface area contributed by atoms with E-state index in [0.717, 1.165) is 5.56 Å². The van der Waals surface area contributed by atoms with E-state index in [4.69, 9.17) is 11.6 Å². The average molecular weight is 326 g/mol. The van der Waals surface area contributed by atoms with Crippen LogP contribution in [0.5, 0.6) is 0 Å². The molecule has 1 aromatic carbocycles. The Kier molecular flexibility index (Phi) is 4.82. The fourth-order valence-corrected chi connectivity index (χ4v) is 3.30. The van der Waals surface area contributed by atoms with Crippen molar-refractivity contribution in [3.8, 4) is 0 Å². The molecule has 0 amide bonds. The largest absolute Gasteiger partial charge is 0.373 e. The first-order chi connectivity index (χ1) is 9.92. The maximum Gasteiger partial charge on any atom is 0.241 e. The second-order valence-corrected chi connectivity index (χ2v) is 6.68. The molecule has 21 heavy (non-hydrogen) atoms. The number of nitrogens with zero attached hydrogens (tertiary/aromatic N) is 1. The molecule has 0 aliphatic carbocycles. The lowest BCUT2D eigenvalue weighted by Crippen LogP contribution is -2.27. The lowest BCUT2D eigenvalue weighted by atomic mass is 10.1. The number of hydrogen-bond acceptors (Lipinski definition) is 4. The van der Waals surface area contributed by atoms with Gasteiger partial charge in [0.2, 0.25) is 10.0 Å². The van der Waals surface area contributed by atoms with E-state index in [1.807, 2.05) is 6.07 Å². The van der Waals surface area contributed by atoms with Crippen LogP contribution in [0.2, 0.25) is 5.02 Å². The van der Waals surface area contributed by atoms with Gasteiger partial charge in [-0.25, -0.2) is 18.1 Å². The highest BCUT2D eigenvalue weighted by molar-refractivity contribution is 7.89. The second-order valence-electron chi connectivity index (χ2n) is 4.52. The Hall–Kier alpha value is -1.63. The minimum Gasteiger partial charge on any atom is -0.373 e. The van der Waals surface area contributed by atoms with Crippen molar-refractivity contribution in [3.63, 3.8) is 0 Å². The average Bonchev–Trinajstić information content (AvgIpc) is 2.47. The maximum absolute atomic E-state index is 12.4. The van der Waals surface area contributed by atoms with E-state index in [-0.39, 0.29) is 10.9 Å². The van der Waals surface area contributed by atoms with Crippen molar-refractivity contribution in [2.24, 2.45) is 0 Å². The minimum absolute atomic E-state index is 0.163. The summed E-state index contributed by atoms with van der Waals surface area (Å²) in [6, 6.07) is 9.63. The number of pyridine rings is 1. The van der Waals surface area contributed by atoms with Crippen LogP contribution in [0.1, 0.15) is 18.5 Å². The number of rotatable bonds is 5. The molecule has 1 atom stereocenters. The van der Waals surface area contributed by atoms with Gasteiger partial charge in [0.15, 0.2) is 0 Å². The minimum atomic E-state index is -3.63. The summed E-state index contributed by atoms with van der Waals surface area (Å²) < 4.78 is 27.4. The molecule has 0 saturated carbocycles. The van der Waals surface area contributed by atoms with Gasteiger partial charge in [0.1, 0.15) is 5.82 Å². The number of sulfonamides is 1. The van der Waals surface area contributed by atoms with Gasteiger partial charge in [0, 0.05) is 30.4 Å². The van der Waals surface area contributed by atoms with Crippen LogP contribution in [-0.4, -0.2) is 20.4 Å². The van der Waals surface area contributed by atoms with E-state index < -0.39 is 10.0 Å². The molecule has 1 heterocycles. The summed E-state index contributed by atoms with van der Waals surface area (Å²) in [6.45, 7) is 1.77. The van der Waals surface area contributed by atoms with Crippen LogP contribution in [0.3, 0.4) is 0 Å². The smallest absolute Gasteiger partial charge is 0.241 e. The summed E-state index contributed by atoms with van der Waals surface area (Å²) in [5.74, 6) is 0.494. The Morgan fingerprint density at radius 2 is 2.00 bits per heavy atom. The molecule has 5 nitrogen and oxygen atoms in total. The molecule has 2 rings (SSSR count). The Morgan fingerprint density at radius 1 is 1.24 bits per heavy atom. The molecule has 0 saturated heterocycles. The SMILES string of the molecule is CNc1cc(S(=O)(=O)NC(C)c2cccc(Cl)c2)ccn1. The van der Waals surface area contributed by atoms with Crippen molar-refractivity contribution in [3.05, 3.63) is 53.2 Å². The highest BCUT2D eigenvalue weighted by atomic mass is 35.5. The zero-order valence-corrected chi connectivity index (χ0v) is 13.2. The summed E-state index contributed by atoms with van der Waals surface area (Å²) in [5, 5.41) is 3.38. The van der Waals surface area contributed by atoms with Crippen LogP contribution >= 0.6 is 11.6 Å². The van der Waals surface area contributed by atoms with E-state index in [0.29, 0.717) is 10.8 Å². The van der Waals surface area contributed by atoms with Crippen molar-refractivity contribution in [1.82, 2.24) is 9.71 Å². The quantitative estimate of drug-likeness (QED) is 0.886. The standard InChI is InChI=1S/C14H16ClN3O2S/c1-10(11-4-3-5-12(15)8-11)18-21(19,20)13-6-7-17-14(9-13)16-2/h3-10,18H,1-2H3,(H,16,17). The highest BCUT2D eigenvalue weighted by Gasteiger charge is 2.19. The first-order valence-electron chi connectivity index (χ1n) is 6.34. The van der Waals surface area contributed by atoms with Crippen LogP contribution in [-0.2, 0) is 10.0 Å². The summed E-state index contributed by atoms with van der Waals surface area (Å²) in [6.07, 6.45) is 1.45. The van der Waals surface area contributed by atoms with Gasteiger partial charge in [-0.15, -0.1) is 0 Å². The van der Waals surface area contributed by atoms with E-state index >= 15 is 0 Å². The van der Waals surface area contributed by atoms with Gasteiger partial charge in [-0.2, -0.15) is 0 Å². The molecule has 0 bridgehead atoms. The number of hydrogen-bond donors (Lipinski definition) is 2. The van der Waals surface area contributed by atoms with Gasteiger partial charge < -0.3 is 5.32 Å². The molecule has 0 aliphatic heterocycles. The molecule has 2 aromatic rings. The lowest BCUT2D eigenvalue weighted by molar-refractivity contribution is 0.567. The number of aromatic nitrogens is 1. The number of benzene rings is 1. The number of halogens is 1. The summed E-state index contributed by atoms with van der Waals surface area (Å²) in [4.78, 5) is 4.16. The summed E-state index contributed by atoms with van der Waals surface area (Å²) in [5.41, 5.74) is 0.800. The van der Waals surface area contributed by atoms with Crippen LogP contribution in [0, 0.1) is 0 Å². The van der Waals surface area contributed by atoms with E-state index in [9.17, 15) is 8.42 Å². The van der Waals surface area contributed by atoms with E-state index in [1.165, 1.54) is 18.3 Å².